The molecule has 0 aliphatic rings. The lowest BCUT2D eigenvalue weighted by Crippen LogP contribution is -2.00. The van der Waals surface area contributed by atoms with Crippen LogP contribution in [0.3, 0.4) is 0 Å². The molecule has 3 heterocycles. The van der Waals surface area contributed by atoms with Gasteiger partial charge in [-0.15, -0.1) is 0 Å². The van der Waals surface area contributed by atoms with Crippen molar-refractivity contribution in [2.45, 2.75) is 0 Å². The molecular formula is C54H32N4O. The molecule has 0 unspecified atom stereocenters. The number of furan rings is 1. The van der Waals surface area contributed by atoms with Crippen molar-refractivity contribution < 1.29 is 4.42 Å². The lowest BCUT2D eigenvalue weighted by Gasteiger charge is -2.11. The van der Waals surface area contributed by atoms with Crippen molar-refractivity contribution in [2.75, 3.05) is 0 Å². The van der Waals surface area contributed by atoms with Gasteiger partial charge in [0.15, 0.2) is 17.5 Å². The Hall–Kier alpha value is -8.02. The molecule has 5 nitrogen and oxygen atoms in total. The third-order valence-electron chi connectivity index (χ3n) is 11.5. The van der Waals surface area contributed by atoms with E-state index < -0.39 is 0 Å². The normalized spacial score (nSPS) is 11.7. The van der Waals surface area contributed by atoms with E-state index in [4.69, 9.17) is 24.4 Å². The summed E-state index contributed by atoms with van der Waals surface area (Å²) in [7, 11) is 0. The summed E-state index contributed by atoms with van der Waals surface area (Å²) in [4.78, 5) is 20.5. The van der Waals surface area contributed by atoms with Gasteiger partial charge in [0, 0.05) is 49.2 Å². The molecule has 0 bridgehead atoms. The Kier molecular flexibility index (Phi) is 7.47. The zero-order valence-electron chi connectivity index (χ0n) is 31.7. The van der Waals surface area contributed by atoms with Gasteiger partial charge in [-0.1, -0.05) is 152 Å². The van der Waals surface area contributed by atoms with E-state index in [-0.39, 0.29) is 0 Å². The van der Waals surface area contributed by atoms with Gasteiger partial charge in [-0.05, 0) is 75.1 Å². The van der Waals surface area contributed by atoms with Gasteiger partial charge in [-0.3, -0.25) is 0 Å². The van der Waals surface area contributed by atoms with Gasteiger partial charge in [-0.2, -0.15) is 0 Å². The van der Waals surface area contributed by atoms with Crippen molar-refractivity contribution in [1.82, 2.24) is 19.9 Å². The summed E-state index contributed by atoms with van der Waals surface area (Å²) in [6.45, 7) is 0. The monoisotopic (exact) mass is 752 g/mol. The Morgan fingerprint density at radius 1 is 0.305 bits per heavy atom. The van der Waals surface area contributed by atoms with Crippen LogP contribution in [0.15, 0.2) is 199 Å². The Labute approximate surface area is 338 Å². The average molecular weight is 753 g/mol. The van der Waals surface area contributed by atoms with Crippen molar-refractivity contribution in [3.05, 3.63) is 194 Å². The lowest BCUT2D eigenvalue weighted by molar-refractivity contribution is 0.673. The quantitative estimate of drug-likeness (QED) is 0.164. The van der Waals surface area contributed by atoms with E-state index in [1.165, 1.54) is 10.8 Å². The van der Waals surface area contributed by atoms with Crippen molar-refractivity contribution >= 4 is 65.2 Å². The molecule has 12 aromatic rings. The topological polar surface area (TPSA) is 64.7 Å². The van der Waals surface area contributed by atoms with Crippen molar-refractivity contribution in [1.29, 1.82) is 0 Å². The van der Waals surface area contributed by atoms with E-state index in [1.807, 2.05) is 12.1 Å². The molecule has 0 N–H and O–H groups in total. The number of fused-ring (bicyclic) bond motifs is 9. The molecule has 0 atom stereocenters. The molecule has 5 heteroatoms. The number of benzene rings is 9. The summed E-state index contributed by atoms with van der Waals surface area (Å²) < 4.78 is 6.76. The van der Waals surface area contributed by atoms with Crippen LogP contribution in [-0.4, -0.2) is 19.9 Å². The standard InChI is InChI=1S/C54H32N4O/c1-2-13-35(14-3-1)50-45-27-26-43-46-32-39(25-28-48(46)59-51(43)49(45)44-19-8-9-20-47(44)55-50)38-17-10-18-40(31-38)52-56-53(41-23-21-33-11-4-6-15-36(33)29-41)58-54(57-52)42-24-22-34-12-5-7-16-37(34)30-42/h1-32H. The summed E-state index contributed by atoms with van der Waals surface area (Å²) in [6, 6.07) is 67.5. The molecule has 0 amide bonds. The summed E-state index contributed by atoms with van der Waals surface area (Å²) in [5.74, 6) is 1.88. The van der Waals surface area contributed by atoms with Crippen molar-refractivity contribution in [3.63, 3.8) is 0 Å². The Balaban J connectivity index is 1.00. The molecule has 59 heavy (non-hydrogen) atoms. The van der Waals surface area contributed by atoms with Gasteiger partial charge in [0.2, 0.25) is 0 Å². The van der Waals surface area contributed by atoms with Gasteiger partial charge in [0.1, 0.15) is 11.2 Å². The van der Waals surface area contributed by atoms with Crippen molar-refractivity contribution in [3.8, 4) is 56.5 Å². The number of pyridine rings is 1. The third kappa shape index (κ3) is 5.63. The summed E-state index contributed by atoms with van der Waals surface area (Å²) in [5, 5.41) is 9.96. The Morgan fingerprint density at radius 2 is 0.847 bits per heavy atom. The molecule has 0 fully saturated rings. The predicted molar refractivity (Wildman–Crippen MR) is 242 cm³/mol. The highest BCUT2D eigenvalue weighted by molar-refractivity contribution is 6.25. The maximum atomic E-state index is 6.76. The number of nitrogens with zero attached hydrogens (tertiary/aromatic N) is 4. The van der Waals surface area contributed by atoms with E-state index in [0.717, 1.165) is 93.5 Å². The summed E-state index contributed by atoms with van der Waals surface area (Å²) in [5.41, 5.74) is 9.59. The van der Waals surface area contributed by atoms with Crippen LogP contribution >= 0.6 is 0 Å². The van der Waals surface area contributed by atoms with E-state index in [0.29, 0.717) is 17.5 Å². The van der Waals surface area contributed by atoms with Gasteiger partial charge in [0.05, 0.1) is 11.2 Å². The van der Waals surface area contributed by atoms with Crippen LogP contribution in [0, 0.1) is 0 Å². The second kappa shape index (κ2) is 13.3. The SMILES string of the molecule is c1ccc(-c2nc3ccccc3c3c2ccc2c4cc(-c5cccc(-c6nc(-c7ccc8ccccc8c7)nc(-c7ccc8ccccc8c7)n6)c5)ccc4oc23)cc1. The highest BCUT2D eigenvalue weighted by Gasteiger charge is 2.19. The van der Waals surface area contributed by atoms with Crippen LogP contribution in [0.2, 0.25) is 0 Å². The zero-order valence-corrected chi connectivity index (χ0v) is 31.7. The fourth-order valence-corrected chi connectivity index (χ4v) is 8.52. The van der Waals surface area contributed by atoms with Crippen molar-refractivity contribution in [2.24, 2.45) is 0 Å². The van der Waals surface area contributed by atoms with Crippen LogP contribution < -0.4 is 0 Å². The molecule has 0 saturated heterocycles. The number of aromatic nitrogens is 4. The smallest absolute Gasteiger partial charge is 0.164 e. The summed E-state index contributed by atoms with van der Waals surface area (Å²) >= 11 is 0. The maximum absolute atomic E-state index is 6.76. The number of hydrogen-bond donors (Lipinski definition) is 0. The first-order valence-electron chi connectivity index (χ1n) is 19.8. The minimum Gasteiger partial charge on any atom is -0.455 e. The largest absolute Gasteiger partial charge is 0.455 e. The average Bonchev–Trinajstić information content (AvgIpc) is 3.69. The molecule has 0 spiro atoms. The van der Waals surface area contributed by atoms with Crippen LogP contribution in [0.1, 0.15) is 0 Å². The van der Waals surface area contributed by atoms with Crippen LogP contribution in [0.5, 0.6) is 0 Å². The fraction of sp³-hybridized carbons (Fsp3) is 0. The van der Waals surface area contributed by atoms with Gasteiger partial charge in [0.25, 0.3) is 0 Å². The van der Waals surface area contributed by atoms with E-state index in [1.54, 1.807) is 0 Å². The maximum Gasteiger partial charge on any atom is 0.164 e. The highest BCUT2D eigenvalue weighted by atomic mass is 16.3. The minimum absolute atomic E-state index is 0.615. The molecule has 0 aliphatic carbocycles. The molecule has 3 aromatic heterocycles. The predicted octanol–water partition coefficient (Wildman–Crippen LogP) is 14.1. The van der Waals surface area contributed by atoms with E-state index >= 15 is 0 Å². The number of rotatable bonds is 5. The second-order valence-electron chi connectivity index (χ2n) is 15.0. The van der Waals surface area contributed by atoms with Crippen LogP contribution in [-0.2, 0) is 0 Å². The van der Waals surface area contributed by atoms with E-state index in [9.17, 15) is 0 Å². The number of para-hydroxylation sites is 1. The fourth-order valence-electron chi connectivity index (χ4n) is 8.52. The minimum atomic E-state index is 0.615. The molecule has 0 aliphatic heterocycles. The first-order chi connectivity index (χ1) is 29.2. The summed E-state index contributed by atoms with van der Waals surface area (Å²) in [6.07, 6.45) is 0. The van der Waals surface area contributed by atoms with Gasteiger partial charge >= 0.3 is 0 Å². The highest BCUT2D eigenvalue weighted by Crippen LogP contribution is 2.42. The zero-order chi connectivity index (χ0) is 38.9. The van der Waals surface area contributed by atoms with Gasteiger partial charge in [-0.25, -0.2) is 19.9 Å². The molecule has 274 valence electrons. The third-order valence-corrected chi connectivity index (χ3v) is 11.5. The number of hydrogen-bond acceptors (Lipinski definition) is 5. The molecule has 12 rings (SSSR count). The molecular weight excluding hydrogens is 721 g/mol. The van der Waals surface area contributed by atoms with Gasteiger partial charge < -0.3 is 4.42 Å². The lowest BCUT2D eigenvalue weighted by atomic mass is 9.97. The first kappa shape index (κ1) is 33.2. The Bertz CT molecular complexity index is 3530. The molecule has 9 aromatic carbocycles. The molecule has 0 saturated carbocycles. The molecule has 0 radical (unpaired) electrons. The van der Waals surface area contributed by atoms with Crippen LogP contribution in [0.4, 0.5) is 0 Å². The first-order valence-corrected chi connectivity index (χ1v) is 19.8. The Morgan fingerprint density at radius 3 is 1.56 bits per heavy atom. The van der Waals surface area contributed by atoms with E-state index in [2.05, 4.69) is 182 Å². The second-order valence-corrected chi connectivity index (χ2v) is 15.0. The van der Waals surface area contributed by atoms with Crippen LogP contribution in [0.25, 0.3) is 122 Å².